The highest BCUT2D eigenvalue weighted by Gasteiger charge is 2.32. The molecule has 128 valence electrons. The van der Waals surface area contributed by atoms with Crippen molar-refractivity contribution in [3.8, 4) is 0 Å². The third kappa shape index (κ3) is 4.09. The van der Waals surface area contributed by atoms with E-state index in [-0.39, 0.29) is 6.04 Å². The number of rotatable bonds is 3. The molecule has 2 fully saturated rings. The molecule has 0 spiro atoms. The Kier molecular flexibility index (Phi) is 4.68. The van der Waals surface area contributed by atoms with Crippen LogP contribution in [-0.2, 0) is 6.18 Å². The molecule has 0 radical (unpaired) electrons. The van der Waals surface area contributed by atoms with Crippen molar-refractivity contribution in [2.45, 2.75) is 18.6 Å². The molecule has 0 aromatic heterocycles. The lowest BCUT2D eigenvalue weighted by molar-refractivity contribution is -0.137. The van der Waals surface area contributed by atoms with Gasteiger partial charge in [-0.25, -0.2) is 0 Å². The monoisotopic (exact) mass is 328 g/mol. The molecule has 0 amide bonds. The molecule has 2 aliphatic rings. The fourth-order valence-corrected chi connectivity index (χ4v) is 3.12. The Balaban J connectivity index is 1.85. The molecule has 7 heteroatoms. The van der Waals surface area contributed by atoms with Crippen molar-refractivity contribution in [3.63, 3.8) is 0 Å². The highest BCUT2D eigenvalue weighted by molar-refractivity contribution is 5.61. The van der Waals surface area contributed by atoms with Crippen LogP contribution in [0.4, 0.5) is 24.5 Å². The van der Waals surface area contributed by atoms with E-state index in [1.54, 1.807) is 0 Å². The maximum Gasteiger partial charge on any atom is 0.416 e. The van der Waals surface area contributed by atoms with Crippen LogP contribution in [-0.4, -0.2) is 57.3 Å². The number of hydrogen-bond acceptors (Lipinski definition) is 4. The van der Waals surface area contributed by atoms with Crippen LogP contribution in [0.1, 0.15) is 12.0 Å². The standard InChI is InChI=1S/C16H23F3N4/c1-22-4-6-23(7-5-22)15-9-12(16(17,18)19)8-14(10-15)21-13-2-3-20-11-13/h8-10,13,20-21H,2-7,11H2,1H3/t13-/m0/s1. The van der Waals surface area contributed by atoms with E-state index >= 15 is 0 Å². The lowest BCUT2D eigenvalue weighted by Gasteiger charge is -2.34. The van der Waals surface area contributed by atoms with Crippen LogP contribution in [0.5, 0.6) is 0 Å². The van der Waals surface area contributed by atoms with Gasteiger partial charge in [0.15, 0.2) is 0 Å². The molecule has 0 saturated carbocycles. The van der Waals surface area contributed by atoms with E-state index < -0.39 is 11.7 Å². The van der Waals surface area contributed by atoms with Gasteiger partial charge in [-0.15, -0.1) is 0 Å². The zero-order chi connectivity index (χ0) is 16.4. The summed E-state index contributed by atoms with van der Waals surface area (Å²) in [4.78, 5) is 4.22. The van der Waals surface area contributed by atoms with Gasteiger partial charge in [-0.05, 0) is 38.2 Å². The predicted molar refractivity (Wildman–Crippen MR) is 86.1 cm³/mol. The number of anilines is 2. The number of piperazine rings is 1. The second-order valence-corrected chi connectivity index (χ2v) is 6.39. The van der Waals surface area contributed by atoms with E-state index in [4.69, 9.17) is 0 Å². The van der Waals surface area contributed by atoms with Crippen LogP contribution >= 0.6 is 0 Å². The van der Waals surface area contributed by atoms with Crippen molar-refractivity contribution in [1.29, 1.82) is 0 Å². The van der Waals surface area contributed by atoms with Crippen LogP contribution < -0.4 is 15.5 Å². The summed E-state index contributed by atoms with van der Waals surface area (Å²) in [5, 5.41) is 6.46. The lowest BCUT2D eigenvalue weighted by atomic mass is 10.1. The topological polar surface area (TPSA) is 30.5 Å². The number of halogens is 3. The quantitative estimate of drug-likeness (QED) is 0.891. The summed E-state index contributed by atoms with van der Waals surface area (Å²) in [6.45, 7) is 4.93. The Labute approximate surface area is 134 Å². The van der Waals surface area contributed by atoms with Crippen molar-refractivity contribution in [3.05, 3.63) is 23.8 Å². The van der Waals surface area contributed by atoms with Gasteiger partial charge in [0.25, 0.3) is 0 Å². The molecule has 1 aromatic carbocycles. The number of hydrogen-bond donors (Lipinski definition) is 2. The van der Waals surface area contributed by atoms with E-state index in [2.05, 4.69) is 15.5 Å². The van der Waals surface area contributed by atoms with E-state index in [9.17, 15) is 13.2 Å². The van der Waals surface area contributed by atoms with Crippen LogP contribution in [0.25, 0.3) is 0 Å². The van der Waals surface area contributed by atoms with Crippen molar-refractivity contribution in [1.82, 2.24) is 10.2 Å². The molecule has 23 heavy (non-hydrogen) atoms. The fraction of sp³-hybridized carbons (Fsp3) is 0.625. The van der Waals surface area contributed by atoms with Crippen molar-refractivity contribution >= 4 is 11.4 Å². The van der Waals surface area contributed by atoms with E-state index in [0.29, 0.717) is 11.4 Å². The average molecular weight is 328 g/mol. The molecule has 2 saturated heterocycles. The number of likely N-dealkylation sites (N-methyl/N-ethyl adjacent to an activating group) is 1. The van der Waals surface area contributed by atoms with Crippen molar-refractivity contribution in [2.24, 2.45) is 0 Å². The van der Waals surface area contributed by atoms with Gasteiger partial charge in [-0.2, -0.15) is 13.2 Å². The fourth-order valence-electron chi connectivity index (χ4n) is 3.12. The van der Waals surface area contributed by atoms with Crippen molar-refractivity contribution in [2.75, 3.05) is 56.5 Å². The zero-order valence-corrected chi connectivity index (χ0v) is 13.3. The maximum atomic E-state index is 13.2. The first-order valence-electron chi connectivity index (χ1n) is 8.05. The van der Waals surface area contributed by atoms with Crippen LogP contribution in [0.3, 0.4) is 0 Å². The maximum absolute atomic E-state index is 13.2. The van der Waals surface area contributed by atoms with Gasteiger partial charge in [0.1, 0.15) is 0 Å². The first-order chi connectivity index (χ1) is 10.9. The second kappa shape index (κ2) is 6.57. The van der Waals surface area contributed by atoms with E-state index in [1.165, 1.54) is 12.1 Å². The third-order valence-electron chi connectivity index (χ3n) is 4.54. The average Bonchev–Trinajstić information content (AvgIpc) is 2.99. The summed E-state index contributed by atoms with van der Waals surface area (Å²) in [6, 6.07) is 4.53. The van der Waals surface area contributed by atoms with Crippen LogP contribution in [0.2, 0.25) is 0 Å². The second-order valence-electron chi connectivity index (χ2n) is 6.39. The Morgan fingerprint density at radius 3 is 2.48 bits per heavy atom. The minimum atomic E-state index is -4.33. The summed E-state index contributed by atoms with van der Waals surface area (Å²) in [7, 11) is 2.03. The van der Waals surface area contributed by atoms with Gasteiger partial charge >= 0.3 is 6.18 Å². The summed E-state index contributed by atoms with van der Waals surface area (Å²) in [5.74, 6) is 0. The molecule has 1 aromatic rings. The predicted octanol–water partition coefficient (Wildman–Crippen LogP) is 2.23. The van der Waals surface area contributed by atoms with Gasteiger partial charge in [-0.1, -0.05) is 0 Å². The molecule has 0 bridgehead atoms. The van der Waals surface area contributed by atoms with Gasteiger partial charge in [0, 0.05) is 50.1 Å². The Morgan fingerprint density at radius 2 is 1.87 bits per heavy atom. The molecule has 0 aliphatic carbocycles. The van der Waals surface area contributed by atoms with Crippen LogP contribution in [0.15, 0.2) is 18.2 Å². The smallest absolute Gasteiger partial charge is 0.381 e. The Bertz CT molecular complexity index is 533. The minimum absolute atomic E-state index is 0.193. The molecule has 2 heterocycles. The van der Waals surface area contributed by atoms with Crippen LogP contribution in [0, 0.1) is 0 Å². The number of nitrogens with zero attached hydrogens (tertiary/aromatic N) is 2. The Morgan fingerprint density at radius 1 is 1.13 bits per heavy atom. The molecular weight excluding hydrogens is 305 g/mol. The number of nitrogens with one attached hydrogen (secondary N) is 2. The summed E-state index contributed by atoms with van der Waals surface area (Å²) >= 11 is 0. The van der Waals surface area contributed by atoms with Gasteiger partial charge < -0.3 is 20.4 Å². The van der Waals surface area contributed by atoms with Gasteiger partial charge in [-0.3, -0.25) is 0 Å². The first kappa shape index (κ1) is 16.4. The number of benzene rings is 1. The summed E-state index contributed by atoms with van der Waals surface area (Å²) < 4.78 is 39.7. The summed E-state index contributed by atoms with van der Waals surface area (Å²) in [5.41, 5.74) is 0.631. The zero-order valence-electron chi connectivity index (χ0n) is 13.3. The number of alkyl halides is 3. The van der Waals surface area contributed by atoms with Gasteiger partial charge in [0.2, 0.25) is 0 Å². The highest BCUT2D eigenvalue weighted by Crippen LogP contribution is 2.35. The first-order valence-corrected chi connectivity index (χ1v) is 8.05. The minimum Gasteiger partial charge on any atom is -0.381 e. The SMILES string of the molecule is CN1CCN(c2cc(N[C@H]3CCNC3)cc(C(F)(F)F)c2)CC1. The van der Waals surface area contributed by atoms with Gasteiger partial charge in [0.05, 0.1) is 5.56 Å². The normalized spacial score (nSPS) is 23.3. The molecule has 2 aliphatic heterocycles. The third-order valence-corrected chi connectivity index (χ3v) is 4.54. The molecule has 0 unspecified atom stereocenters. The molecule has 3 rings (SSSR count). The largest absolute Gasteiger partial charge is 0.416 e. The lowest BCUT2D eigenvalue weighted by Crippen LogP contribution is -2.44. The summed E-state index contributed by atoms with van der Waals surface area (Å²) in [6.07, 6.45) is -3.40. The molecule has 1 atom stereocenters. The molecule has 4 nitrogen and oxygen atoms in total. The molecule has 2 N–H and O–H groups in total. The van der Waals surface area contributed by atoms with E-state index in [0.717, 1.165) is 45.7 Å². The molecular formula is C16H23F3N4. The Hall–Kier alpha value is -1.47. The van der Waals surface area contributed by atoms with E-state index in [1.807, 2.05) is 18.0 Å². The highest BCUT2D eigenvalue weighted by atomic mass is 19.4. The van der Waals surface area contributed by atoms with Crippen molar-refractivity contribution < 1.29 is 13.2 Å².